The first kappa shape index (κ1) is 17.1. The van der Waals surface area contributed by atoms with Crippen molar-refractivity contribution in [1.29, 1.82) is 0 Å². The summed E-state index contributed by atoms with van der Waals surface area (Å²) in [6, 6.07) is 4.67. The highest BCUT2D eigenvalue weighted by molar-refractivity contribution is 7.15. The van der Waals surface area contributed by atoms with Gasteiger partial charge in [0.15, 0.2) is 0 Å². The molecular formula is C19H17FN6OS. The van der Waals surface area contributed by atoms with Crippen molar-refractivity contribution >= 4 is 28.1 Å². The number of aryl methyl sites for hydroxylation is 1. The SMILES string of the molecule is O=C(NCCc1c[nH]c2ccc(F)cc12)c1c(-n2cnnn2)sc2c1CCC2. The minimum Gasteiger partial charge on any atom is -0.361 e. The Balaban J connectivity index is 1.35. The monoisotopic (exact) mass is 396 g/mol. The average molecular weight is 396 g/mol. The van der Waals surface area contributed by atoms with Crippen molar-refractivity contribution in [3.63, 3.8) is 0 Å². The van der Waals surface area contributed by atoms with Crippen LogP contribution in [0.5, 0.6) is 0 Å². The zero-order chi connectivity index (χ0) is 19.1. The first-order chi connectivity index (χ1) is 13.7. The van der Waals surface area contributed by atoms with Crippen LogP contribution in [0.25, 0.3) is 15.9 Å². The number of aromatic amines is 1. The molecule has 0 atom stereocenters. The molecular weight excluding hydrogens is 379 g/mol. The van der Waals surface area contributed by atoms with E-state index >= 15 is 0 Å². The second-order valence-corrected chi connectivity index (χ2v) is 7.89. The number of halogens is 1. The summed E-state index contributed by atoms with van der Waals surface area (Å²) < 4.78 is 15.1. The van der Waals surface area contributed by atoms with E-state index in [1.54, 1.807) is 22.1 Å². The molecule has 3 heterocycles. The number of thiophene rings is 1. The molecule has 1 aromatic carbocycles. The molecule has 28 heavy (non-hydrogen) atoms. The largest absolute Gasteiger partial charge is 0.361 e. The minimum atomic E-state index is -0.266. The maximum absolute atomic E-state index is 13.5. The van der Waals surface area contributed by atoms with Crippen molar-refractivity contribution in [3.8, 4) is 5.00 Å². The molecule has 2 N–H and O–H groups in total. The van der Waals surface area contributed by atoms with Crippen LogP contribution >= 0.6 is 11.3 Å². The number of carbonyl (C=O) groups excluding carboxylic acids is 1. The van der Waals surface area contributed by atoms with Crippen LogP contribution in [0.4, 0.5) is 4.39 Å². The number of fused-ring (bicyclic) bond motifs is 2. The summed E-state index contributed by atoms with van der Waals surface area (Å²) >= 11 is 1.58. The Hall–Kier alpha value is -3.07. The van der Waals surface area contributed by atoms with E-state index in [1.807, 2.05) is 6.20 Å². The normalized spacial score (nSPS) is 13.2. The molecule has 0 bridgehead atoms. The van der Waals surface area contributed by atoms with Crippen molar-refractivity contribution in [2.24, 2.45) is 0 Å². The molecule has 5 rings (SSSR count). The Kier molecular flexibility index (Phi) is 4.16. The molecule has 9 heteroatoms. The van der Waals surface area contributed by atoms with Crippen LogP contribution in [-0.4, -0.2) is 37.6 Å². The molecule has 1 aliphatic carbocycles. The lowest BCUT2D eigenvalue weighted by molar-refractivity contribution is 0.0953. The number of H-pyrrole nitrogens is 1. The van der Waals surface area contributed by atoms with E-state index in [2.05, 4.69) is 25.8 Å². The minimum absolute atomic E-state index is 0.115. The van der Waals surface area contributed by atoms with Gasteiger partial charge in [-0.3, -0.25) is 4.79 Å². The van der Waals surface area contributed by atoms with E-state index in [0.29, 0.717) is 18.5 Å². The summed E-state index contributed by atoms with van der Waals surface area (Å²) in [6.07, 6.45) is 6.95. The summed E-state index contributed by atoms with van der Waals surface area (Å²) in [5.41, 5.74) is 3.65. The van der Waals surface area contributed by atoms with Gasteiger partial charge in [0.25, 0.3) is 5.91 Å². The smallest absolute Gasteiger partial charge is 0.254 e. The second kappa shape index (κ2) is 6.83. The number of aromatic nitrogens is 5. The molecule has 4 aromatic rings. The van der Waals surface area contributed by atoms with Gasteiger partial charge in [0.1, 0.15) is 17.1 Å². The van der Waals surface area contributed by atoms with Gasteiger partial charge in [-0.25, -0.2) is 4.39 Å². The maximum Gasteiger partial charge on any atom is 0.254 e. The molecule has 0 saturated heterocycles. The molecule has 0 saturated carbocycles. The standard InChI is InChI=1S/C19H17FN6OS/c20-12-4-5-15-14(8-12)11(9-22-15)6-7-21-18(27)17-13-2-1-3-16(13)28-19(17)26-10-23-24-25-26/h4-5,8-10,22H,1-3,6-7H2,(H,21,27). The molecule has 0 radical (unpaired) electrons. The quantitative estimate of drug-likeness (QED) is 0.543. The molecule has 1 aliphatic rings. The Bertz CT molecular complexity index is 1160. The van der Waals surface area contributed by atoms with Gasteiger partial charge in [0.05, 0.1) is 5.56 Å². The van der Waals surface area contributed by atoms with Crippen LogP contribution < -0.4 is 5.32 Å². The predicted octanol–water partition coefficient (Wildman–Crippen LogP) is 2.81. The van der Waals surface area contributed by atoms with Crippen LogP contribution in [0.15, 0.2) is 30.7 Å². The number of hydrogen-bond donors (Lipinski definition) is 2. The zero-order valence-corrected chi connectivity index (χ0v) is 15.7. The number of hydrogen-bond acceptors (Lipinski definition) is 5. The second-order valence-electron chi connectivity index (χ2n) is 6.80. The Labute approximate surface area is 163 Å². The number of carbonyl (C=O) groups is 1. The molecule has 142 valence electrons. The third-order valence-corrected chi connectivity index (χ3v) is 6.38. The van der Waals surface area contributed by atoms with Gasteiger partial charge in [0.2, 0.25) is 0 Å². The molecule has 0 unspecified atom stereocenters. The van der Waals surface area contributed by atoms with Crippen LogP contribution in [0.1, 0.15) is 32.8 Å². The van der Waals surface area contributed by atoms with Crippen molar-refractivity contribution < 1.29 is 9.18 Å². The summed E-state index contributed by atoms with van der Waals surface area (Å²) in [6.45, 7) is 0.460. The number of benzene rings is 1. The number of nitrogens with one attached hydrogen (secondary N) is 2. The Morgan fingerprint density at radius 2 is 2.29 bits per heavy atom. The maximum atomic E-state index is 13.5. The summed E-state index contributed by atoms with van der Waals surface area (Å²) in [5.74, 6) is -0.381. The van der Waals surface area contributed by atoms with Gasteiger partial charge in [-0.1, -0.05) is 0 Å². The summed E-state index contributed by atoms with van der Waals surface area (Å²) in [4.78, 5) is 17.4. The topological polar surface area (TPSA) is 88.5 Å². The van der Waals surface area contributed by atoms with E-state index in [9.17, 15) is 9.18 Å². The molecule has 0 aliphatic heterocycles. The van der Waals surface area contributed by atoms with Crippen LogP contribution in [0, 0.1) is 5.82 Å². The lowest BCUT2D eigenvalue weighted by Crippen LogP contribution is -2.27. The first-order valence-corrected chi connectivity index (χ1v) is 9.94. The van der Waals surface area contributed by atoms with Crippen molar-refractivity contribution in [2.75, 3.05) is 6.54 Å². The van der Waals surface area contributed by atoms with Crippen molar-refractivity contribution in [2.45, 2.75) is 25.7 Å². The third kappa shape index (κ3) is 2.88. The molecule has 7 nitrogen and oxygen atoms in total. The highest BCUT2D eigenvalue weighted by Crippen LogP contribution is 2.37. The van der Waals surface area contributed by atoms with Gasteiger partial charge in [-0.15, -0.1) is 16.4 Å². The van der Waals surface area contributed by atoms with E-state index in [-0.39, 0.29) is 11.7 Å². The van der Waals surface area contributed by atoms with E-state index in [4.69, 9.17) is 0 Å². The molecule has 1 amide bonds. The van der Waals surface area contributed by atoms with Gasteiger partial charge in [-0.05, 0) is 65.4 Å². The number of tetrazole rings is 1. The average Bonchev–Trinajstić information content (AvgIpc) is 3.45. The molecule has 3 aromatic heterocycles. The first-order valence-electron chi connectivity index (χ1n) is 9.12. The number of rotatable bonds is 5. The molecule has 0 spiro atoms. The fourth-order valence-electron chi connectivity index (χ4n) is 3.80. The fourth-order valence-corrected chi connectivity index (χ4v) is 5.10. The Morgan fingerprint density at radius 3 is 3.14 bits per heavy atom. The van der Waals surface area contributed by atoms with E-state index < -0.39 is 0 Å². The van der Waals surface area contributed by atoms with Gasteiger partial charge in [0, 0.05) is 28.5 Å². The third-order valence-electron chi connectivity index (χ3n) is 5.10. The zero-order valence-electron chi connectivity index (χ0n) is 14.9. The van der Waals surface area contributed by atoms with Crippen LogP contribution in [0.3, 0.4) is 0 Å². The van der Waals surface area contributed by atoms with Gasteiger partial charge < -0.3 is 10.3 Å². The summed E-state index contributed by atoms with van der Waals surface area (Å²) in [5, 5.41) is 16.0. The lowest BCUT2D eigenvalue weighted by Gasteiger charge is -2.08. The Morgan fingerprint density at radius 1 is 1.36 bits per heavy atom. The fraction of sp³-hybridized carbons (Fsp3) is 0.263. The van der Waals surface area contributed by atoms with E-state index in [1.165, 1.54) is 23.3 Å². The number of amides is 1. The van der Waals surface area contributed by atoms with Crippen LogP contribution in [-0.2, 0) is 19.3 Å². The summed E-state index contributed by atoms with van der Waals surface area (Å²) in [7, 11) is 0. The van der Waals surface area contributed by atoms with E-state index in [0.717, 1.165) is 46.3 Å². The van der Waals surface area contributed by atoms with Gasteiger partial charge >= 0.3 is 0 Å². The molecule has 0 fully saturated rings. The highest BCUT2D eigenvalue weighted by Gasteiger charge is 2.27. The predicted molar refractivity (Wildman–Crippen MR) is 103 cm³/mol. The number of nitrogens with zero attached hydrogens (tertiary/aromatic N) is 4. The van der Waals surface area contributed by atoms with Crippen LogP contribution in [0.2, 0.25) is 0 Å². The van der Waals surface area contributed by atoms with Gasteiger partial charge in [-0.2, -0.15) is 4.68 Å². The highest BCUT2D eigenvalue weighted by atomic mass is 32.1. The van der Waals surface area contributed by atoms with Crippen molar-refractivity contribution in [1.82, 2.24) is 30.5 Å². The lowest BCUT2D eigenvalue weighted by atomic mass is 10.1. The van der Waals surface area contributed by atoms with Crippen molar-refractivity contribution in [3.05, 3.63) is 58.1 Å².